The van der Waals surface area contributed by atoms with E-state index in [0.29, 0.717) is 27.4 Å². The van der Waals surface area contributed by atoms with Gasteiger partial charge in [0.05, 0.1) is 13.0 Å². The normalized spacial score (nSPS) is 23.0. The van der Waals surface area contributed by atoms with Gasteiger partial charge in [-0.2, -0.15) is 13.2 Å². The molecule has 122 valence electrons. The molecule has 0 aromatic carbocycles. The third kappa shape index (κ3) is 4.50. The number of ether oxygens (including phenoxy) is 1. The molecule has 0 unspecified atom stereocenters. The molecule has 0 amide bonds. The Morgan fingerprint density at radius 1 is 1.32 bits per heavy atom. The second-order valence-corrected chi connectivity index (χ2v) is 6.78. The molecule has 0 saturated heterocycles. The summed E-state index contributed by atoms with van der Waals surface area (Å²) in [5, 5.41) is 0.366. The highest BCUT2D eigenvalue weighted by molar-refractivity contribution is 14.1. The van der Waals surface area contributed by atoms with Crippen LogP contribution in [0.3, 0.4) is 0 Å². The highest BCUT2D eigenvalue weighted by Gasteiger charge is 2.40. The minimum atomic E-state index is -4.06. The molecule has 1 heterocycles. The lowest BCUT2D eigenvalue weighted by Crippen LogP contribution is -2.27. The molecule has 0 spiro atoms. The Morgan fingerprint density at radius 2 is 1.95 bits per heavy atom. The van der Waals surface area contributed by atoms with E-state index < -0.39 is 12.1 Å². The van der Waals surface area contributed by atoms with E-state index in [0.717, 1.165) is 5.56 Å². The van der Waals surface area contributed by atoms with Gasteiger partial charge in [-0.05, 0) is 60.3 Å². The number of pyridine rings is 1. The molecular formula is C15H16ClF3INO. The van der Waals surface area contributed by atoms with E-state index in [1.165, 1.54) is 0 Å². The Balaban J connectivity index is 2.05. The second kappa shape index (κ2) is 7.38. The molecule has 0 N–H and O–H groups in total. The van der Waals surface area contributed by atoms with Crippen LogP contribution in [0.1, 0.15) is 31.2 Å². The number of alkyl halides is 3. The smallest absolute Gasteiger partial charge is 0.391 e. The van der Waals surface area contributed by atoms with Gasteiger partial charge in [0.15, 0.2) is 5.75 Å². The molecule has 7 heteroatoms. The maximum absolute atomic E-state index is 12.6. The zero-order chi connectivity index (χ0) is 16.3. The zero-order valence-corrected chi connectivity index (χ0v) is 14.9. The standard InChI is InChI=1S/C15H16ClF3INO/c1-22-13-10(8-12(16)21-14(13)20)5-2-9-3-6-11(7-4-9)15(17,18)19/h2,5,8-9,11H,3-4,6-7H2,1H3/b5-2+/t9-,11-. The average molecular weight is 446 g/mol. The summed E-state index contributed by atoms with van der Waals surface area (Å²) in [4.78, 5) is 4.10. The van der Waals surface area contributed by atoms with E-state index in [-0.39, 0.29) is 18.8 Å². The number of hydrogen-bond donors (Lipinski definition) is 0. The Morgan fingerprint density at radius 3 is 2.50 bits per heavy atom. The van der Waals surface area contributed by atoms with Gasteiger partial charge in [-0.25, -0.2) is 4.98 Å². The molecule has 1 saturated carbocycles. The number of nitrogens with zero attached hydrogens (tertiary/aromatic N) is 1. The molecule has 1 aliphatic rings. The number of rotatable bonds is 3. The first-order valence-corrected chi connectivity index (χ1v) is 8.42. The van der Waals surface area contributed by atoms with Crippen LogP contribution in [0, 0.1) is 15.5 Å². The molecule has 1 aromatic heterocycles. The Bertz CT molecular complexity index is 554. The summed E-state index contributed by atoms with van der Waals surface area (Å²) in [7, 11) is 1.55. The van der Waals surface area contributed by atoms with Crippen LogP contribution in [-0.4, -0.2) is 18.3 Å². The highest BCUT2D eigenvalue weighted by atomic mass is 127. The van der Waals surface area contributed by atoms with Crippen LogP contribution in [0.4, 0.5) is 13.2 Å². The summed E-state index contributed by atoms with van der Waals surface area (Å²) >= 11 is 7.98. The quantitative estimate of drug-likeness (QED) is 0.438. The summed E-state index contributed by atoms with van der Waals surface area (Å²) in [5.74, 6) is -0.360. The van der Waals surface area contributed by atoms with Gasteiger partial charge in [0, 0.05) is 5.56 Å². The van der Waals surface area contributed by atoms with E-state index in [2.05, 4.69) is 4.98 Å². The van der Waals surface area contributed by atoms with Gasteiger partial charge in [-0.15, -0.1) is 0 Å². The van der Waals surface area contributed by atoms with Crippen molar-refractivity contribution in [2.24, 2.45) is 11.8 Å². The van der Waals surface area contributed by atoms with Crippen molar-refractivity contribution in [1.82, 2.24) is 4.98 Å². The average Bonchev–Trinajstić information content (AvgIpc) is 2.44. The fourth-order valence-electron chi connectivity index (χ4n) is 2.69. The SMILES string of the molecule is COc1c(/C=C/[C@H]2CC[C@H](C(F)(F)F)CC2)cc(Cl)nc1I. The van der Waals surface area contributed by atoms with E-state index >= 15 is 0 Å². The maximum Gasteiger partial charge on any atom is 0.391 e. The molecule has 1 aliphatic carbocycles. The minimum absolute atomic E-state index is 0.160. The van der Waals surface area contributed by atoms with Gasteiger partial charge < -0.3 is 4.74 Å². The summed E-state index contributed by atoms with van der Waals surface area (Å²) in [6, 6.07) is 1.69. The van der Waals surface area contributed by atoms with Crippen LogP contribution >= 0.6 is 34.2 Å². The van der Waals surface area contributed by atoms with Gasteiger partial charge in [0.25, 0.3) is 0 Å². The first-order valence-electron chi connectivity index (χ1n) is 6.96. The van der Waals surface area contributed by atoms with E-state index in [1.54, 1.807) is 13.2 Å². The van der Waals surface area contributed by atoms with E-state index in [9.17, 15) is 13.2 Å². The van der Waals surface area contributed by atoms with Crippen molar-refractivity contribution in [2.75, 3.05) is 7.11 Å². The molecule has 1 aromatic rings. The molecule has 2 nitrogen and oxygen atoms in total. The van der Waals surface area contributed by atoms with Crippen LogP contribution in [-0.2, 0) is 0 Å². The van der Waals surface area contributed by atoms with Crippen molar-refractivity contribution in [2.45, 2.75) is 31.9 Å². The van der Waals surface area contributed by atoms with Crippen LogP contribution < -0.4 is 4.74 Å². The largest absolute Gasteiger partial charge is 0.493 e. The topological polar surface area (TPSA) is 22.1 Å². The fourth-order valence-corrected chi connectivity index (χ4v) is 3.83. The molecule has 0 atom stereocenters. The van der Waals surface area contributed by atoms with E-state index in [1.807, 2.05) is 34.7 Å². The fraction of sp³-hybridized carbons (Fsp3) is 0.533. The molecule has 2 rings (SSSR count). The molecule has 0 radical (unpaired) electrons. The predicted octanol–water partition coefficient (Wildman–Crippen LogP) is 5.73. The monoisotopic (exact) mass is 445 g/mol. The summed E-state index contributed by atoms with van der Waals surface area (Å²) in [6.07, 6.45) is 1.27. The summed E-state index contributed by atoms with van der Waals surface area (Å²) in [6.45, 7) is 0. The number of hydrogen-bond acceptors (Lipinski definition) is 2. The van der Waals surface area contributed by atoms with Crippen LogP contribution in [0.25, 0.3) is 6.08 Å². The van der Waals surface area contributed by atoms with Crippen molar-refractivity contribution in [3.8, 4) is 5.75 Å². The Kier molecular flexibility index (Phi) is 5.99. The number of halogens is 5. The van der Waals surface area contributed by atoms with Crippen molar-refractivity contribution in [3.05, 3.63) is 26.6 Å². The van der Waals surface area contributed by atoms with Gasteiger partial charge in [0.2, 0.25) is 0 Å². The molecular weight excluding hydrogens is 430 g/mol. The molecule has 0 bridgehead atoms. The van der Waals surface area contributed by atoms with Crippen LogP contribution in [0.15, 0.2) is 12.1 Å². The number of aromatic nitrogens is 1. The molecule has 22 heavy (non-hydrogen) atoms. The van der Waals surface area contributed by atoms with Gasteiger partial charge >= 0.3 is 6.18 Å². The lowest BCUT2D eigenvalue weighted by Gasteiger charge is -2.28. The first kappa shape index (κ1) is 17.8. The Hall–Kier alpha value is -0.500. The predicted molar refractivity (Wildman–Crippen MR) is 89.1 cm³/mol. The van der Waals surface area contributed by atoms with Crippen LogP contribution in [0.5, 0.6) is 5.75 Å². The van der Waals surface area contributed by atoms with E-state index in [4.69, 9.17) is 16.3 Å². The van der Waals surface area contributed by atoms with Crippen molar-refractivity contribution in [1.29, 1.82) is 0 Å². The Labute approximate surface area is 146 Å². The highest BCUT2D eigenvalue weighted by Crippen LogP contribution is 2.40. The van der Waals surface area contributed by atoms with Gasteiger partial charge in [-0.1, -0.05) is 23.8 Å². The third-order valence-corrected chi connectivity index (χ3v) is 4.84. The lowest BCUT2D eigenvalue weighted by molar-refractivity contribution is -0.183. The van der Waals surface area contributed by atoms with Crippen molar-refractivity contribution < 1.29 is 17.9 Å². The van der Waals surface area contributed by atoms with Crippen molar-refractivity contribution >= 4 is 40.3 Å². The van der Waals surface area contributed by atoms with Crippen molar-refractivity contribution in [3.63, 3.8) is 0 Å². The zero-order valence-electron chi connectivity index (χ0n) is 12.0. The number of methoxy groups -OCH3 is 1. The first-order chi connectivity index (χ1) is 10.3. The lowest BCUT2D eigenvalue weighted by atomic mass is 9.81. The third-order valence-electron chi connectivity index (χ3n) is 3.92. The van der Waals surface area contributed by atoms with Crippen LogP contribution in [0.2, 0.25) is 5.15 Å². The summed E-state index contributed by atoms with van der Waals surface area (Å²) in [5.41, 5.74) is 0.796. The molecule has 1 fully saturated rings. The molecule has 0 aliphatic heterocycles. The van der Waals surface area contributed by atoms with Gasteiger partial charge in [-0.3, -0.25) is 0 Å². The van der Waals surface area contributed by atoms with Gasteiger partial charge in [0.1, 0.15) is 8.85 Å². The number of allylic oxidation sites excluding steroid dienone is 1. The minimum Gasteiger partial charge on any atom is -0.493 e. The maximum atomic E-state index is 12.6. The summed E-state index contributed by atoms with van der Waals surface area (Å²) < 4.78 is 43.9. The second-order valence-electron chi connectivity index (χ2n) is 5.37.